The molecule has 2 unspecified atom stereocenters. The van der Waals surface area contributed by atoms with Gasteiger partial charge in [0, 0.05) is 12.8 Å². The van der Waals surface area contributed by atoms with E-state index in [1.807, 2.05) is 18.2 Å². The van der Waals surface area contributed by atoms with Crippen molar-refractivity contribution in [3.8, 4) is 11.5 Å². The molecule has 8 nitrogen and oxygen atoms in total. The maximum atomic E-state index is 10.5. The molecule has 0 spiro atoms. The highest BCUT2D eigenvalue weighted by Crippen LogP contribution is 2.38. The first kappa shape index (κ1) is 17.0. The molecule has 0 saturated carbocycles. The summed E-state index contributed by atoms with van der Waals surface area (Å²) in [6, 6.07) is 5.85. The fourth-order valence-electron chi connectivity index (χ4n) is 2.70. The highest BCUT2D eigenvalue weighted by molar-refractivity contribution is 5.66. The van der Waals surface area contributed by atoms with Gasteiger partial charge in [0.15, 0.2) is 11.5 Å². The number of benzene rings is 1. The molecule has 0 aliphatic carbocycles. The molecule has 1 fully saturated rings. The third kappa shape index (κ3) is 4.15. The van der Waals surface area contributed by atoms with Crippen molar-refractivity contribution in [2.45, 2.75) is 51.2 Å². The Kier molecular flexibility index (Phi) is 5.52. The lowest BCUT2D eigenvalue weighted by atomic mass is 9.95. The molecular weight excluding hydrogens is 316 g/mol. The van der Waals surface area contributed by atoms with Crippen molar-refractivity contribution in [1.82, 2.24) is 10.9 Å². The van der Waals surface area contributed by atoms with Crippen LogP contribution in [0.2, 0.25) is 0 Å². The lowest BCUT2D eigenvalue weighted by Gasteiger charge is -2.26. The fourth-order valence-corrected chi connectivity index (χ4v) is 2.70. The first-order chi connectivity index (χ1) is 11.6. The molecule has 2 heterocycles. The lowest BCUT2D eigenvalue weighted by Crippen LogP contribution is -2.46. The van der Waals surface area contributed by atoms with Gasteiger partial charge in [-0.3, -0.25) is 14.5 Å². The summed E-state index contributed by atoms with van der Waals surface area (Å²) in [7, 11) is 0. The zero-order chi connectivity index (χ0) is 16.9. The number of carboxylic acid groups (broad SMARTS) is 1. The number of carbonyl (C=O) groups is 1. The SMILES string of the molecule is CC(CCCCC(=O)O)c1ccc2c(c1)ON(C1CCONO1)O2. The van der Waals surface area contributed by atoms with E-state index in [-0.39, 0.29) is 12.6 Å². The number of carboxylic acids is 1. The zero-order valence-corrected chi connectivity index (χ0v) is 13.6. The Morgan fingerprint density at radius 3 is 2.96 bits per heavy atom. The Balaban J connectivity index is 1.54. The largest absolute Gasteiger partial charge is 0.481 e. The number of hydrogen-bond donors (Lipinski definition) is 2. The summed E-state index contributed by atoms with van der Waals surface area (Å²) < 4.78 is 0. The minimum atomic E-state index is -0.740. The highest BCUT2D eigenvalue weighted by Gasteiger charge is 2.33. The van der Waals surface area contributed by atoms with Gasteiger partial charge in [0.2, 0.25) is 6.23 Å². The number of unbranched alkanes of at least 4 members (excludes halogenated alkanes) is 1. The Morgan fingerprint density at radius 1 is 1.38 bits per heavy atom. The van der Waals surface area contributed by atoms with Crippen molar-refractivity contribution in [2.75, 3.05) is 6.61 Å². The summed E-state index contributed by atoms with van der Waals surface area (Å²) in [4.78, 5) is 32.0. The Hall–Kier alpha value is -1.87. The predicted molar refractivity (Wildman–Crippen MR) is 82.6 cm³/mol. The predicted octanol–water partition coefficient (Wildman–Crippen LogP) is 2.52. The van der Waals surface area contributed by atoms with E-state index in [9.17, 15) is 4.79 Å². The van der Waals surface area contributed by atoms with Gasteiger partial charge in [-0.05, 0) is 36.5 Å². The average Bonchev–Trinajstić information content (AvgIpc) is 3.02. The zero-order valence-electron chi connectivity index (χ0n) is 13.6. The number of nitrogens with zero attached hydrogens (tertiary/aromatic N) is 1. The summed E-state index contributed by atoms with van der Waals surface area (Å²) in [6.45, 7) is 2.63. The first-order valence-electron chi connectivity index (χ1n) is 8.17. The van der Waals surface area contributed by atoms with Crippen LogP contribution in [0.4, 0.5) is 0 Å². The van der Waals surface area contributed by atoms with Crippen LogP contribution in [0, 0.1) is 0 Å². The normalized spacial score (nSPS) is 21.6. The molecule has 2 atom stereocenters. The van der Waals surface area contributed by atoms with Gasteiger partial charge in [-0.2, -0.15) is 0 Å². The van der Waals surface area contributed by atoms with E-state index in [1.165, 1.54) is 5.23 Å². The smallest absolute Gasteiger partial charge is 0.303 e. The van der Waals surface area contributed by atoms with E-state index < -0.39 is 5.97 Å². The van der Waals surface area contributed by atoms with Crippen LogP contribution in [-0.4, -0.2) is 29.1 Å². The van der Waals surface area contributed by atoms with Crippen LogP contribution in [0.5, 0.6) is 11.5 Å². The fraction of sp³-hybridized carbons (Fsp3) is 0.562. The molecule has 2 aliphatic rings. The molecule has 0 radical (unpaired) electrons. The van der Waals surface area contributed by atoms with Crippen LogP contribution >= 0.6 is 0 Å². The number of hydrogen-bond acceptors (Lipinski definition) is 7. The van der Waals surface area contributed by atoms with Gasteiger partial charge in [-0.25, -0.2) is 0 Å². The van der Waals surface area contributed by atoms with Gasteiger partial charge in [-0.1, -0.05) is 25.1 Å². The summed E-state index contributed by atoms with van der Waals surface area (Å²) in [5.74, 6) is 0.880. The molecule has 1 saturated heterocycles. The maximum Gasteiger partial charge on any atom is 0.303 e. The van der Waals surface area contributed by atoms with Crippen molar-refractivity contribution >= 4 is 5.97 Å². The molecule has 24 heavy (non-hydrogen) atoms. The van der Waals surface area contributed by atoms with E-state index >= 15 is 0 Å². The van der Waals surface area contributed by atoms with Crippen molar-refractivity contribution in [2.24, 2.45) is 0 Å². The lowest BCUT2D eigenvalue weighted by molar-refractivity contribution is -0.376. The third-order valence-electron chi connectivity index (χ3n) is 4.14. The molecule has 0 bridgehead atoms. The van der Waals surface area contributed by atoms with Crippen LogP contribution in [0.3, 0.4) is 0 Å². The van der Waals surface area contributed by atoms with Crippen LogP contribution in [0.1, 0.15) is 50.5 Å². The van der Waals surface area contributed by atoms with Gasteiger partial charge < -0.3 is 14.8 Å². The first-order valence-corrected chi connectivity index (χ1v) is 8.17. The van der Waals surface area contributed by atoms with Gasteiger partial charge in [0.25, 0.3) is 0 Å². The minimum absolute atomic E-state index is 0.224. The quantitative estimate of drug-likeness (QED) is 0.733. The van der Waals surface area contributed by atoms with Gasteiger partial charge in [0.05, 0.1) is 11.8 Å². The van der Waals surface area contributed by atoms with E-state index in [2.05, 4.69) is 12.6 Å². The Morgan fingerprint density at radius 2 is 2.21 bits per heavy atom. The minimum Gasteiger partial charge on any atom is -0.481 e. The van der Waals surface area contributed by atoms with Crippen LogP contribution in [0.25, 0.3) is 0 Å². The monoisotopic (exact) mass is 338 g/mol. The van der Waals surface area contributed by atoms with Gasteiger partial charge in [-0.15, -0.1) is 0 Å². The standard InChI is InChI=1S/C16H22N2O6/c1-11(4-2-3-5-16(19)20)12-6-7-13-14(10-12)24-18(23-13)15-8-9-21-17-22-15/h6-7,10-11,15,17H,2-5,8-9H2,1H3,(H,19,20). The topological polar surface area (TPSA) is 89.5 Å². The highest BCUT2D eigenvalue weighted by atomic mass is 17.0. The molecule has 132 valence electrons. The van der Waals surface area contributed by atoms with E-state index in [0.29, 0.717) is 36.9 Å². The van der Waals surface area contributed by atoms with E-state index in [0.717, 1.165) is 18.4 Å². The van der Waals surface area contributed by atoms with Crippen molar-refractivity contribution < 1.29 is 29.3 Å². The number of fused-ring (bicyclic) bond motifs is 1. The molecule has 0 aromatic heterocycles. The molecular formula is C16H22N2O6. The van der Waals surface area contributed by atoms with Crippen LogP contribution < -0.4 is 15.3 Å². The maximum absolute atomic E-state index is 10.5. The summed E-state index contributed by atoms with van der Waals surface area (Å²) in [5, 5.41) is 10.00. The number of hydroxylamine groups is 2. The molecule has 1 aromatic carbocycles. The molecule has 3 rings (SSSR count). The molecule has 2 N–H and O–H groups in total. The number of rotatable bonds is 7. The van der Waals surface area contributed by atoms with Crippen molar-refractivity contribution in [3.63, 3.8) is 0 Å². The number of nitrogens with one attached hydrogen (secondary N) is 1. The molecule has 8 heteroatoms. The van der Waals surface area contributed by atoms with Crippen molar-refractivity contribution in [3.05, 3.63) is 23.8 Å². The molecule has 0 amide bonds. The van der Waals surface area contributed by atoms with Gasteiger partial charge in [0.1, 0.15) is 0 Å². The van der Waals surface area contributed by atoms with E-state index in [1.54, 1.807) is 0 Å². The number of aliphatic carboxylic acids is 1. The van der Waals surface area contributed by atoms with Crippen LogP contribution in [-0.2, 0) is 14.5 Å². The average molecular weight is 338 g/mol. The second kappa shape index (κ2) is 7.80. The van der Waals surface area contributed by atoms with Crippen molar-refractivity contribution in [1.29, 1.82) is 0 Å². The molecule has 1 aromatic rings. The second-order valence-corrected chi connectivity index (χ2v) is 6.01. The summed E-state index contributed by atoms with van der Waals surface area (Å²) in [5.41, 5.74) is 3.50. The molecule has 2 aliphatic heterocycles. The van der Waals surface area contributed by atoms with Gasteiger partial charge >= 0.3 is 5.97 Å². The Bertz CT molecular complexity index is 576. The third-order valence-corrected chi connectivity index (χ3v) is 4.14. The van der Waals surface area contributed by atoms with E-state index in [4.69, 9.17) is 24.5 Å². The Labute approximate surface area is 140 Å². The summed E-state index contributed by atoms with van der Waals surface area (Å²) in [6.07, 6.45) is 2.98. The summed E-state index contributed by atoms with van der Waals surface area (Å²) >= 11 is 0. The van der Waals surface area contributed by atoms with Crippen LogP contribution in [0.15, 0.2) is 18.2 Å². The second-order valence-electron chi connectivity index (χ2n) is 6.01.